The Hall–Kier alpha value is -7.00. The van der Waals surface area contributed by atoms with Gasteiger partial charge in [0.05, 0.1) is 0 Å². The summed E-state index contributed by atoms with van der Waals surface area (Å²) >= 11 is 1.90. The smallest absolute Gasteiger partial charge is 0.0465 e. The molecule has 0 radical (unpaired) electrons. The maximum atomic E-state index is 2.50. The van der Waals surface area contributed by atoms with Crippen LogP contribution in [0.2, 0.25) is 0 Å². The number of fused-ring (bicyclic) bond motifs is 3. The molecule has 0 saturated carbocycles. The van der Waals surface area contributed by atoms with E-state index >= 15 is 0 Å². The molecule has 0 fully saturated rings. The van der Waals surface area contributed by atoms with Gasteiger partial charge in [-0.25, -0.2) is 0 Å². The van der Waals surface area contributed by atoms with E-state index in [-0.39, 0.29) is 0 Å². The molecular formula is C60H47NS. The standard InChI is InChI=1S/C60H47NS/c1-4-13-42(14-5-1)44-23-27-46(28-24-44)48-31-35-51(36-32-48)61(52-37-33-49(34-38-52)47-29-25-45(26-30-47)43-15-6-2-7-16-43)53-39-40-54(58(41-53)50-17-8-3-9-18-50)56-20-12-21-57-55-19-10-11-22-59(55)62-60(56)57/h1-6,8-15,17-25,27-29,31-33,35-37,39-41H,7,16,26,30,34,38H2. The topological polar surface area (TPSA) is 3.24 Å². The summed E-state index contributed by atoms with van der Waals surface area (Å²) in [6, 6.07) is 62.4. The first-order valence-corrected chi connectivity index (χ1v) is 22.9. The highest BCUT2D eigenvalue weighted by Gasteiger charge is 2.23. The SMILES string of the molecule is C1=CCCC(C2=CC=C(C3=CC=C(N(c4ccc(-c5ccc(-c6ccccc6)cc5)cc4)c4ccc(-c5cccc6c5sc5ccccc56)c(-c5ccccc5)c4)CC3)CC2)=C1. The molecule has 0 unspecified atom stereocenters. The fraction of sp³-hybridized carbons (Fsp3) is 0.100. The van der Waals surface area contributed by atoms with Gasteiger partial charge in [0.2, 0.25) is 0 Å². The third-order valence-electron chi connectivity index (χ3n) is 12.9. The molecule has 3 aliphatic carbocycles. The first kappa shape index (κ1) is 38.0. The van der Waals surface area contributed by atoms with E-state index in [1.165, 1.54) is 98.4 Å². The van der Waals surface area contributed by atoms with Crippen molar-refractivity contribution in [3.05, 3.63) is 240 Å². The van der Waals surface area contributed by atoms with Crippen molar-refractivity contribution >= 4 is 42.9 Å². The zero-order valence-electron chi connectivity index (χ0n) is 34.8. The number of hydrogen-bond donors (Lipinski definition) is 0. The molecule has 0 saturated heterocycles. The number of hydrogen-bond acceptors (Lipinski definition) is 2. The van der Waals surface area contributed by atoms with E-state index in [0.717, 1.165) is 44.2 Å². The lowest BCUT2D eigenvalue weighted by molar-refractivity contribution is 0.829. The van der Waals surface area contributed by atoms with Gasteiger partial charge in [0.15, 0.2) is 0 Å². The number of rotatable bonds is 9. The lowest BCUT2D eigenvalue weighted by Crippen LogP contribution is -2.18. The minimum absolute atomic E-state index is 0.960. The van der Waals surface area contributed by atoms with Crippen molar-refractivity contribution in [3.8, 4) is 44.5 Å². The van der Waals surface area contributed by atoms with Crippen LogP contribution in [0.5, 0.6) is 0 Å². The summed E-state index contributed by atoms with van der Waals surface area (Å²) in [5, 5.41) is 2.64. The van der Waals surface area contributed by atoms with Gasteiger partial charge in [-0.3, -0.25) is 0 Å². The van der Waals surface area contributed by atoms with E-state index in [1.807, 2.05) is 11.3 Å². The Morgan fingerprint density at radius 2 is 0.935 bits per heavy atom. The summed E-state index contributed by atoms with van der Waals surface area (Å²) in [6.45, 7) is 0. The third-order valence-corrected chi connectivity index (χ3v) is 14.1. The van der Waals surface area contributed by atoms with Crippen LogP contribution < -0.4 is 4.90 Å². The van der Waals surface area contributed by atoms with Crippen molar-refractivity contribution < 1.29 is 0 Å². The van der Waals surface area contributed by atoms with E-state index < -0.39 is 0 Å². The molecule has 0 amide bonds. The predicted octanol–water partition coefficient (Wildman–Crippen LogP) is 17.4. The lowest BCUT2D eigenvalue weighted by atomic mass is 9.84. The first-order chi connectivity index (χ1) is 30.7. The quantitative estimate of drug-likeness (QED) is 0.140. The Balaban J connectivity index is 0.998. The highest BCUT2D eigenvalue weighted by molar-refractivity contribution is 7.26. The molecule has 1 nitrogen and oxygen atoms in total. The van der Waals surface area contributed by atoms with Gasteiger partial charge in [-0.2, -0.15) is 0 Å². The van der Waals surface area contributed by atoms with Gasteiger partial charge in [0.25, 0.3) is 0 Å². The molecule has 1 heterocycles. The largest absolute Gasteiger partial charge is 0.314 e. The van der Waals surface area contributed by atoms with Gasteiger partial charge in [-0.1, -0.05) is 176 Å². The van der Waals surface area contributed by atoms with Gasteiger partial charge in [-0.05, 0) is 136 Å². The number of allylic oxidation sites excluding steroid dienone is 12. The zero-order chi connectivity index (χ0) is 41.2. The van der Waals surface area contributed by atoms with Crippen molar-refractivity contribution in [3.63, 3.8) is 0 Å². The second-order valence-electron chi connectivity index (χ2n) is 16.6. The lowest BCUT2D eigenvalue weighted by Gasteiger charge is -2.31. The Morgan fingerprint density at radius 3 is 1.58 bits per heavy atom. The molecule has 298 valence electrons. The van der Waals surface area contributed by atoms with Crippen molar-refractivity contribution in [2.24, 2.45) is 0 Å². The fourth-order valence-corrected chi connectivity index (χ4v) is 10.8. The summed E-state index contributed by atoms with van der Waals surface area (Å²) in [5.41, 5.74) is 19.5. The molecule has 0 N–H and O–H groups in total. The highest BCUT2D eigenvalue weighted by Crippen LogP contribution is 2.46. The summed E-state index contributed by atoms with van der Waals surface area (Å²) in [5.74, 6) is 0. The maximum Gasteiger partial charge on any atom is 0.0465 e. The van der Waals surface area contributed by atoms with E-state index in [4.69, 9.17) is 0 Å². The van der Waals surface area contributed by atoms with E-state index in [1.54, 1.807) is 0 Å². The van der Waals surface area contributed by atoms with Gasteiger partial charge in [0, 0.05) is 42.8 Å². The van der Waals surface area contributed by atoms with Crippen molar-refractivity contribution in [2.75, 3.05) is 4.90 Å². The van der Waals surface area contributed by atoms with Gasteiger partial charge < -0.3 is 4.90 Å². The van der Waals surface area contributed by atoms with Gasteiger partial charge in [-0.15, -0.1) is 11.3 Å². The first-order valence-electron chi connectivity index (χ1n) is 22.1. The Morgan fingerprint density at radius 1 is 0.371 bits per heavy atom. The normalized spacial score (nSPS) is 15.1. The van der Waals surface area contributed by atoms with Crippen LogP contribution in [-0.2, 0) is 0 Å². The molecule has 0 aliphatic heterocycles. The minimum Gasteiger partial charge on any atom is -0.314 e. The van der Waals surface area contributed by atoms with Crippen molar-refractivity contribution in [1.82, 2.24) is 0 Å². The van der Waals surface area contributed by atoms with Gasteiger partial charge >= 0.3 is 0 Å². The van der Waals surface area contributed by atoms with Crippen molar-refractivity contribution in [1.29, 1.82) is 0 Å². The second-order valence-corrected chi connectivity index (χ2v) is 17.6. The second kappa shape index (κ2) is 16.8. The highest BCUT2D eigenvalue weighted by atomic mass is 32.1. The number of anilines is 2. The molecule has 3 aliphatic rings. The zero-order valence-corrected chi connectivity index (χ0v) is 35.6. The molecule has 0 atom stereocenters. The van der Waals surface area contributed by atoms with Crippen LogP contribution in [0.25, 0.3) is 64.7 Å². The molecule has 11 rings (SSSR count). The van der Waals surface area contributed by atoms with Crippen LogP contribution in [0, 0.1) is 0 Å². The van der Waals surface area contributed by atoms with Gasteiger partial charge in [0.1, 0.15) is 0 Å². The maximum absolute atomic E-state index is 2.50. The monoisotopic (exact) mass is 813 g/mol. The average Bonchev–Trinajstić information content (AvgIpc) is 3.75. The molecule has 7 aromatic carbocycles. The summed E-state index contributed by atoms with van der Waals surface area (Å²) < 4.78 is 2.66. The molecular weight excluding hydrogens is 767 g/mol. The van der Waals surface area contributed by atoms with E-state index in [2.05, 4.69) is 217 Å². The van der Waals surface area contributed by atoms with E-state index in [9.17, 15) is 0 Å². The molecule has 0 spiro atoms. The van der Waals surface area contributed by atoms with Crippen molar-refractivity contribution in [2.45, 2.75) is 38.5 Å². The van der Waals surface area contributed by atoms with Crippen LogP contribution in [0.3, 0.4) is 0 Å². The summed E-state index contributed by atoms with van der Waals surface area (Å²) in [7, 11) is 0. The molecule has 8 aromatic rings. The number of thiophene rings is 1. The predicted molar refractivity (Wildman–Crippen MR) is 267 cm³/mol. The Kier molecular flexibility index (Phi) is 10.3. The molecule has 2 heteroatoms. The summed E-state index contributed by atoms with van der Waals surface area (Å²) in [6.07, 6.45) is 22.9. The van der Waals surface area contributed by atoms with Crippen LogP contribution in [-0.4, -0.2) is 0 Å². The average molecular weight is 814 g/mol. The third kappa shape index (κ3) is 7.42. The fourth-order valence-electron chi connectivity index (χ4n) is 9.61. The molecule has 62 heavy (non-hydrogen) atoms. The van der Waals surface area contributed by atoms with E-state index in [0.29, 0.717) is 0 Å². The van der Waals surface area contributed by atoms with Crippen LogP contribution in [0.4, 0.5) is 11.4 Å². The Bertz CT molecular complexity index is 3130. The minimum atomic E-state index is 0.960. The number of benzene rings is 7. The molecule has 0 bridgehead atoms. The van der Waals surface area contributed by atoms with Crippen LogP contribution in [0.15, 0.2) is 240 Å². The van der Waals surface area contributed by atoms with Crippen LogP contribution >= 0.6 is 11.3 Å². The molecule has 1 aromatic heterocycles. The van der Waals surface area contributed by atoms with Crippen LogP contribution in [0.1, 0.15) is 38.5 Å². The number of nitrogens with zero attached hydrogens (tertiary/aromatic N) is 1. The summed E-state index contributed by atoms with van der Waals surface area (Å²) in [4.78, 5) is 2.50. The Labute approximate surface area is 369 Å².